The van der Waals surface area contributed by atoms with Gasteiger partial charge in [0.1, 0.15) is 0 Å². The standard InChI is InChI=1S/C23H24N4O4/c1-13-6-11-19(12-14(13)2)27-22(29)20(16(4)26-27)15(3)24-25-21(28)17-7-9-18(10-8-17)23(30)31-5/h6-12,24H,1-5H3,(H,25,28)/b20-15-. The SMILES string of the molecule is COC(=O)c1ccc(C(=O)NN/C(C)=C2\C(=O)N(c3ccc(C)c(C)c3)N=C2C)cc1. The normalized spacial score (nSPS) is 14.8. The van der Waals surface area contributed by atoms with E-state index in [4.69, 9.17) is 0 Å². The number of hydrogen-bond donors (Lipinski definition) is 2. The van der Waals surface area contributed by atoms with Gasteiger partial charge in [0.2, 0.25) is 0 Å². The molecule has 0 aliphatic carbocycles. The lowest BCUT2D eigenvalue weighted by Crippen LogP contribution is -2.37. The number of hydrazone groups is 1. The Morgan fingerprint density at radius 1 is 0.935 bits per heavy atom. The van der Waals surface area contributed by atoms with Crippen molar-refractivity contribution in [3.05, 3.63) is 76.0 Å². The second kappa shape index (κ2) is 8.83. The molecule has 0 saturated carbocycles. The predicted molar refractivity (Wildman–Crippen MR) is 118 cm³/mol. The minimum Gasteiger partial charge on any atom is -0.465 e. The molecule has 8 heteroatoms. The molecule has 2 N–H and O–H groups in total. The van der Waals surface area contributed by atoms with Crippen molar-refractivity contribution < 1.29 is 19.1 Å². The first-order chi connectivity index (χ1) is 14.7. The second-order valence-corrected chi connectivity index (χ2v) is 7.22. The molecule has 0 atom stereocenters. The van der Waals surface area contributed by atoms with Gasteiger partial charge in [-0.3, -0.25) is 15.0 Å². The minimum atomic E-state index is -0.478. The number of carbonyl (C=O) groups is 3. The molecule has 2 amide bonds. The van der Waals surface area contributed by atoms with Crippen LogP contribution in [0.2, 0.25) is 0 Å². The first-order valence-corrected chi connectivity index (χ1v) is 9.65. The van der Waals surface area contributed by atoms with Gasteiger partial charge in [-0.2, -0.15) is 10.1 Å². The molecule has 1 aliphatic rings. The van der Waals surface area contributed by atoms with Crippen molar-refractivity contribution in [2.45, 2.75) is 27.7 Å². The number of allylic oxidation sites excluding steroid dienone is 1. The van der Waals surface area contributed by atoms with Gasteiger partial charge in [0.05, 0.1) is 29.6 Å². The van der Waals surface area contributed by atoms with Crippen molar-refractivity contribution in [3.63, 3.8) is 0 Å². The maximum Gasteiger partial charge on any atom is 0.337 e. The van der Waals surface area contributed by atoms with Crippen molar-refractivity contribution >= 4 is 29.2 Å². The average molecular weight is 420 g/mol. The van der Waals surface area contributed by atoms with Crippen LogP contribution in [-0.4, -0.2) is 30.6 Å². The number of ether oxygens (including phenoxy) is 1. The Balaban J connectivity index is 1.72. The fourth-order valence-electron chi connectivity index (χ4n) is 3.13. The van der Waals surface area contributed by atoms with Crippen molar-refractivity contribution in [1.82, 2.24) is 10.9 Å². The van der Waals surface area contributed by atoms with Gasteiger partial charge in [0.25, 0.3) is 11.8 Å². The fraction of sp³-hybridized carbons (Fsp3) is 0.217. The van der Waals surface area contributed by atoms with E-state index in [0.29, 0.717) is 33.8 Å². The summed E-state index contributed by atoms with van der Waals surface area (Å²) >= 11 is 0. The lowest BCUT2D eigenvalue weighted by Gasteiger charge is -2.15. The zero-order valence-electron chi connectivity index (χ0n) is 18.1. The van der Waals surface area contributed by atoms with Crippen LogP contribution in [0, 0.1) is 13.8 Å². The van der Waals surface area contributed by atoms with E-state index in [9.17, 15) is 14.4 Å². The second-order valence-electron chi connectivity index (χ2n) is 7.22. The Bertz CT molecular complexity index is 1120. The van der Waals surface area contributed by atoms with E-state index in [1.807, 2.05) is 32.0 Å². The van der Waals surface area contributed by atoms with E-state index in [1.165, 1.54) is 36.4 Å². The number of carbonyl (C=O) groups excluding carboxylic acids is 3. The predicted octanol–water partition coefficient (Wildman–Crippen LogP) is 3.02. The molecule has 0 fully saturated rings. The summed E-state index contributed by atoms with van der Waals surface area (Å²) in [5, 5.41) is 5.74. The van der Waals surface area contributed by atoms with Crippen LogP contribution in [0.15, 0.2) is 58.8 Å². The number of amides is 2. The molecule has 1 aliphatic heterocycles. The number of benzene rings is 2. The quantitative estimate of drug-likeness (QED) is 0.440. The highest BCUT2D eigenvalue weighted by Crippen LogP contribution is 2.26. The van der Waals surface area contributed by atoms with Crippen LogP contribution in [0.5, 0.6) is 0 Å². The largest absolute Gasteiger partial charge is 0.465 e. The molecule has 0 saturated heterocycles. The summed E-state index contributed by atoms with van der Waals surface area (Å²) in [6.45, 7) is 7.42. The Labute approximate surface area is 180 Å². The summed E-state index contributed by atoms with van der Waals surface area (Å²) < 4.78 is 4.64. The molecule has 0 unspecified atom stereocenters. The number of anilines is 1. The van der Waals surface area contributed by atoms with Crippen molar-refractivity contribution in [1.29, 1.82) is 0 Å². The number of methoxy groups -OCH3 is 1. The van der Waals surface area contributed by atoms with Gasteiger partial charge in [-0.05, 0) is 75.2 Å². The molecule has 1 heterocycles. The van der Waals surface area contributed by atoms with E-state index in [0.717, 1.165) is 11.1 Å². The van der Waals surface area contributed by atoms with Crippen molar-refractivity contribution in [2.75, 3.05) is 12.1 Å². The Kier molecular flexibility index (Phi) is 6.20. The summed E-state index contributed by atoms with van der Waals surface area (Å²) in [5.41, 5.74) is 10.3. The van der Waals surface area contributed by atoms with E-state index in [-0.39, 0.29) is 5.91 Å². The average Bonchev–Trinajstić information content (AvgIpc) is 3.07. The third kappa shape index (κ3) is 4.48. The van der Waals surface area contributed by atoms with Crippen LogP contribution in [-0.2, 0) is 9.53 Å². The molecule has 0 spiro atoms. The van der Waals surface area contributed by atoms with Crippen LogP contribution in [0.3, 0.4) is 0 Å². The molecule has 31 heavy (non-hydrogen) atoms. The summed E-state index contributed by atoms with van der Waals surface area (Å²) in [6.07, 6.45) is 0. The molecule has 3 rings (SSSR count). The number of aryl methyl sites for hydroxylation is 2. The molecule has 0 radical (unpaired) electrons. The van der Waals surface area contributed by atoms with Crippen molar-refractivity contribution in [2.24, 2.45) is 5.10 Å². The number of hydrogen-bond acceptors (Lipinski definition) is 6. The van der Waals surface area contributed by atoms with E-state index >= 15 is 0 Å². The highest BCUT2D eigenvalue weighted by atomic mass is 16.5. The minimum absolute atomic E-state index is 0.276. The van der Waals surface area contributed by atoms with Gasteiger partial charge in [-0.15, -0.1) is 0 Å². The van der Waals surface area contributed by atoms with Crippen LogP contribution in [0.25, 0.3) is 0 Å². The van der Waals surface area contributed by atoms with E-state index < -0.39 is 11.9 Å². The summed E-state index contributed by atoms with van der Waals surface area (Å²) in [6, 6.07) is 11.7. The maximum absolute atomic E-state index is 13.0. The molecule has 0 aromatic heterocycles. The zero-order valence-corrected chi connectivity index (χ0v) is 18.1. The zero-order chi connectivity index (χ0) is 22.7. The lowest BCUT2D eigenvalue weighted by atomic mass is 10.1. The van der Waals surface area contributed by atoms with Gasteiger partial charge < -0.3 is 10.2 Å². The van der Waals surface area contributed by atoms with Gasteiger partial charge in [-0.25, -0.2) is 4.79 Å². The van der Waals surface area contributed by atoms with Crippen LogP contribution < -0.4 is 15.9 Å². The number of rotatable bonds is 5. The van der Waals surface area contributed by atoms with Crippen LogP contribution in [0.1, 0.15) is 45.7 Å². The summed E-state index contributed by atoms with van der Waals surface area (Å²) in [4.78, 5) is 36.8. The third-order valence-corrected chi connectivity index (χ3v) is 5.06. The summed E-state index contributed by atoms with van der Waals surface area (Å²) in [5.74, 6) is -1.17. The van der Waals surface area contributed by atoms with Gasteiger partial charge in [0.15, 0.2) is 0 Å². The maximum atomic E-state index is 13.0. The molecule has 160 valence electrons. The molecule has 8 nitrogen and oxygen atoms in total. The van der Waals surface area contributed by atoms with Crippen LogP contribution in [0.4, 0.5) is 5.69 Å². The van der Waals surface area contributed by atoms with Gasteiger partial charge >= 0.3 is 5.97 Å². The Hall–Kier alpha value is -3.94. The smallest absolute Gasteiger partial charge is 0.337 e. The topological polar surface area (TPSA) is 100 Å². The van der Waals surface area contributed by atoms with Crippen molar-refractivity contribution in [3.8, 4) is 0 Å². The van der Waals surface area contributed by atoms with Gasteiger partial charge in [-0.1, -0.05) is 6.07 Å². The molecular formula is C23H24N4O4. The Morgan fingerprint density at radius 3 is 2.19 bits per heavy atom. The fourth-order valence-corrected chi connectivity index (χ4v) is 3.13. The number of nitrogens with one attached hydrogen (secondary N) is 2. The summed E-state index contributed by atoms with van der Waals surface area (Å²) in [7, 11) is 1.29. The Morgan fingerprint density at radius 2 is 1.58 bits per heavy atom. The van der Waals surface area contributed by atoms with E-state index in [2.05, 4.69) is 20.7 Å². The first kappa shape index (κ1) is 21.8. The lowest BCUT2D eigenvalue weighted by molar-refractivity contribution is -0.114. The molecule has 2 aromatic rings. The molecule has 2 aromatic carbocycles. The molecule has 0 bridgehead atoms. The van der Waals surface area contributed by atoms with E-state index in [1.54, 1.807) is 13.8 Å². The first-order valence-electron chi connectivity index (χ1n) is 9.65. The van der Waals surface area contributed by atoms with Crippen LogP contribution >= 0.6 is 0 Å². The third-order valence-electron chi connectivity index (χ3n) is 5.06. The number of nitrogens with zero attached hydrogens (tertiary/aromatic N) is 2. The number of hydrazine groups is 1. The highest BCUT2D eigenvalue weighted by Gasteiger charge is 2.31. The monoisotopic (exact) mass is 420 g/mol. The highest BCUT2D eigenvalue weighted by molar-refractivity contribution is 6.30. The molecular weight excluding hydrogens is 396 g/mol. The number of esters is 1. The van der Waals surface area contributed by atoms with Gasteiger partial charge in [0, 0.05) is 11.3 Å².